The molecule has 2 amide bonds. The Labute approximate surface area is 151 Å². The summed E-state index contributed by atoms with van der Waals surface area (Å²) in [5.74, 6) is -0.331. The molecule has 3 aromatic rings. The molecule has 0 aliphatic heterocycles. The van der Waals surface area contributed by atoms with Crippen molar-refractivity contribution in [1.82, 2.24) is 0 Å². The standard InChI is InChI=1S/C21H18N2O3/c1-26-19-12-9-16(14-5-3-2-4-6-14)13-18(19)21(25)23-17-10-7-15(8-11-17)20(22)24/h2-13H,1H3,(H2,22,24)(H,23,25). The van der Waals surface area contributed by atoms with E-state index in [-0.39, 0.29) is 5.91 Å². The van der Waals surface area contributed by atoms with Gasteiger partial charge in [-0.05, 0) is 47.5 Å². The van der Waals surface area contributed by atoms with Crippen LogP contribution in [-0.4, -0.2) is 18.9 Å². The third-order valence-corrected chi connectivity index (χ3v) is 3.98. The Hall–Kier alpha value is -3.60. The summed E-state index contributed by atoms with van der Waals surface area (Å²) >= 11 is 0. The van der Waals surface area contributed by atoms with Crippen LogP contribution in [0.4, 0.5) is 5.69 Å². The van der Waals surface area contributed by atoms with Crippen molar-refractivity contribution >= 4 is 17.5 Å². The summed E-state index contributed by atoms with van der Waals surface area (Å²) < 4.78 is 5.32. The quantitative estimate of drug-likeness (QED) is 0.739. The third-order valence-electron chi connectivity index (χ3n) is 3.98. The topological polar surface area (TPSA) is 81.4 Å². The summed E-state index contributed by atoms with van der Waals surface area (Å²) in [6, 6.07) is 21.6. The highest BCUT2D eigenvalue weighted by atomic mass is 16.5. The van der Waals surface area contributed by atoms with Gasteiger partial charge < -0.3 is 15.8 Å². The number of amides is 2. The summed E-state index contributed by atoms with van der Waals surface area (Å²) in [5, 5.41) is 2.81. The van der Waals surface area contributed by atoms with E-state index in [0.29, 0.717) is 22.6 Å². The monoisotopic (exact) mass is 346 g/mol. The van der Waals surface area contributed by atoms with E-state index < -0.39 is 5.91 Å². The van der Waals surface area contributed by atoms with Gasteiger partial charge in [0.1, 0.15) is 5.75 Å². The fourth-order valence-corrected chi connectivity index (χ4v) is 2.61. The molecule has 0 bridgehead atoms. The molecule has 3 N–H and O–H groups in total. The van der Waals surface area contributed by atoms with Gasteiger partial charge in [0.2, 0.25) is 5.91 Å². The highest BCUT2D eigenvalue weighted by molar-refractivity contribution is 6.07. The van der Waals surface area contributed by atoms with Crippen LogP contribution >= 0.6 is 0 Å². The van der Waals surface area contributed by atoms with E-state index >= 15 is 0 Å². The van der Waals surface area contributed by atoms with Crippen molar-refractivity contribution in [3.63, 3.8) is 0 Å². The highest BCUT2D eigenvalue weighted by Gasteiger charge is 2.14. The minimum absolute atomic E-state index is 0.300. The first-order valence-electron chi connectivity index (χ1n) is 8.03. The lowest BCUT2D eigenvalue weighted by Crippen LogP contribution is -2.14. The van der Waals surface area contributed by atoms with E-state index in [1.54, 1.807) is 36.4 Å². The smallest absolute Gasteiger partial charge is 0.259 e. The van der Waals surface area contributed by atoms with Crippen LogP contribution in [-0.2, 0) is 0 Å². The van der Waals surface area contributed by atoms with Gasteiger partial charge in [0.25, 0.3) is 5.91 Å². The molecule has 0 aromatic heterocycles. The molecule has 5 nitrogen and oxygen atoms in total. The number of carbonyl (C=O) groups excluding carboxylic acids is 2. The maximum atomic E-state index is 12.7. The number of ether oxygens (including phenoxy) is 1. The molecule has 0 saturated heterocycles. The lowest BCUT2D eigenvalue weighted by Gasteiger charge is -2.12. The lowest BCUT2D eigenvalue weighted by atomic mass is 10.0. The molecule has 0 radical (unpaired) electrons. The maximum absolute atomic E-state index is 12.7. The average molecular weight is 346 g/mol. The molecular weight excluding hydrogens is 328 g/mol. The first kappa shape index (κ1) is 17.2. The van der Waals surface area contributed by atoms with Crippen molar-refractivity contribution in [3.8, 4) is 16.9 Å². The Balaban J connectivity index is 1.89. The van der Waals surface area contributed by atoms with Gasteiger partial charge in [-0.3, -0.25) is 9.59 Å². The predicted molar refractivity (Wildman–Crippen MR) is 101 cm³/mol. The van der Waals surface area contributed by atoms with Crippen molar-refractivity contribution in [3.05, 3.63) is 83.9 Å². The lowest BCUT2D eigenvalue weighted by molar-refractivity contribution is 0.0998. The van der Waals surface area contributed by atoms with Gasteiger partial charge in [-0.1, -0.05) is 36.4 Å². The van der Waals surface area contributed by atoms with E-state index in [1.807, 2.05) is 36.4 Å². The van der Waals surface area contributed by atoms with Gasteiger partial charge in [0, 0.05) is 11.3 Å². The summed E-state index contributed by atoms with van der Waals surface area (Å²) in [7, 11) is 1.52. The van der Waals surface area contributed by atoms with E-state index in [1.165, 1.54) is 7.11 Å². The van der Waals surface area contributed by atoms with Crippen molar-refractivity contribution < 1.29 is 14.3 Å². The van der Waals surface area contributed by atoms with Crippen molar-refractivity contribution in [2.45, 2.75) is 0 Å². The van der Waals surface area contributed by atoms with Crippen LogP contribution in [0.1, 0.15) is 20.7 Å². The molecule has 0 saturated carbocycles. The molecule has 0 spiro atoms. The van der Waals surface area contributed by atoms with Gasteiger partial charge in [0.05, 0.1) is 12.7 Å². The van der Waals surface area contributed by atoms with Crippen LogP contribution in [0.15, 0.2) is 72.8 Å². The van der Waals surface area contributed by atoms with Gasteiger partial charge in [-0.25, -0.2) is 0 Å². The van der Waals surface area contributed by atoms with Gasteiger partial charge in [-0.2, -0.15) is 0 Å². The van der Waals surface area contributed by atoms with E-state index in [2.05, 4.69) is 5.32 Å². The number of nitrogens with two attached hydrogens (primary N) is 1. The second-order valence-corrected chi connectivity index (χ2v) is 5.68. The van der Waals surface area contributed by atoms with E-state index in [9.17, 15) is 9.59 Å². The number of primary amides is 1. The fourth-order valence-electron chi connectivity index (χ4n) is 2.61. The minimum Gasteiger partial charge on any atom is -0.496 e. The van der Waals surface area contributed by atoms with Crippen LogP contribution in [0.2, 0.25) is 0 Å². The van der Waals surface area contributed by atoms with Crippen LogP contribution in [0.25, 0.3) is 11.1 Å². The highest BCUT2D eigenvalue weighted by Crippen LogP contribution is 2.27. The molecule has 0 atom stereocenters. The van der Waals surface area contributed by atoms with Crippen LogP contribution in [0, 0.1) is 0 Å². The zero-order valence-corrected chi connectivity index (χ0v) is 14.2. The number of methoxy groups -OCH3 is 1. The first-order valence-corrected chi connectivity index (χ1v) is 8.03. The maximum Gasteiger partial charge on any atom is 0.259 e. The SMILES string of the molecule is COc1ccc(-c2ccccc2)cc1C(=O)Nc1ccc(C(N)=O)cc1. The van der Waals surface area contributed by atoms with Gasteiger partial charge in [0.15, 0.2) is 0 Å². The van der Waals surface area contributed by atoms with Crippen molar-refractivity contribution in [1.29, 1.82) is 0 Å². The number of rotatable bonds is 5. The molecule has 3 rings (SSSR count). The Morgan fingerprint density at radius 3 is 2.19 bits per heavy atom. The summed E-state index contributed by atoms with van der Waals surface area (Å²) in [6.45, 7) is 0. The number of benzene rings is 3. The Morgan fingerprint density at radius 1 is 0.885 bits per heavy atom. The summed E-state index contributed by atoms with van der Waals surface area (Å²) in [6.07, 6.45) is 0. The Kier molecular flexibility index (Phi) is 4.99. The number of hydrogen-bond donors (Lipinski definition) is 2. The number of anilines is 1. The van der Waals surface area contributed by atoms with Gasteiger partial charge in [-0.15, -0.1) is 0 Å². The average Bonchev–Trinajstić information content (AvgIpc) is 2.68. The first-order chi connectivity index (χ1) is 12.6. The molecule has 0 aliphatic carbocycles. The molecule has 0 unspecified atom stereocenters. The number of carbonyl (C=O) groups is 2. The second-order valence-electron chi connectivity index (χ2n) is 5.68. The molecule has 26 heavy (non-hydrogen) atoms. The molecule has 0 heterocycles. The normalized spacial score (nSPS) is 10.2. The number of nitrogens with one attached hydrogen (secondary N) is 1. The molecule has 130 valence electrons. The fraction of sp³-hybridized carbons (Fsp3) is 0.0476. The zero-order valence-electron chi connectivity index (χ0n) is 14.2. The third kappa shape index (κ3) is 3.72. The van der Waals surface area contributed by atoms with E-state index in [0.717, 1.165) is 11.1 Å². The minimum atomic E-state index is -0.514. The second kappa shape index (κ2) is 7.53. The largest absolute Gasteiger partial charge is 0.496 e. The predicted octanol–water partition coefficient (Wildman–Crippen LogP) is 3.71. The van der Waals surface area contributed by atoms with Crippen molar-refractivity contribution in [2.24, 2.45) is 5.73 Å². The molecule has 0 fully saturated rings. The van der Waals surface area contributed by atoms with E-state index in [4.69, 9.17) is 10.5 Å². The molecular formula is C21H18N2O3. The summed E-state index contributed by atoms with van der Waals surface area (Å²) in [5.41, 5.74) is 8.52. The molecule has 3 aromatic carbocycles. The van der Waals surface area contributed by atoms with Crippen LogP contribution in [0.5, 0.6) is 5.75 Å². The zero-order chi connectivity index (χ0) is 18.5. The summed E-state index contributed by atoms with van der Waals surface area (Å²) in [4.78, 5) is 23.8. The number of hydrogen-bond acceptors (Lipinski definition) is 3. The van der Waals surface area contributed by atoms with Crippen molar-refractivity contribution in [2.75, 3.05) is 12.4 Å². The molecule has 0 aliphatic rings. The Bertz CT molecular complexity index is 935. The van der Waals surface area contributed by atoms with Crippen LogP contribution < -0.4 is 15.8 Å². The Morgan fingerprint density at radius 2 is 1.58 bits per heavy atom. The molecule has 5 heteroatoms. The van der Waals surface area contributed by atoms with Crippen LogP contribution in [0.3, 0.4) is 0 Å². The van der Waals surface area contributed by atoms with Gasteiger partial charge >= 0.3 is 0 Å².